The molecule has 2 aliphatic carbocycles. The molecular weight excluding hydrogens is 196 g/mol. The van der Waals surface area contributed by atoms with Gasteiger partial charge in [0.15, 0.2) is 0 Å². The number of hydrogen-bond acceptors (Lipinski definition) is 2. The molecule has 0 saturated heterocycles. The van der Waals surface area contributed by atoms with Gasteiger partial charge in [0, 0.05) is 23.4 Å². The highest BCUT2D eigenvalue weighted by Gasteiger charge is 2.26. The molecule has 2 heteroatoms. The van der Waals surface area contributed by atoms with Gasteiger partial charge in [0.05, 0.1) is 0 Å². The molecule has 2 atom stereocenters. The first-order valence-corrected chi connectivity index (χ1v) is 5.78. The maximum Gasteiger partial charge on any atom is 0.0496 e. The molecule has 2 nitrogen and oxygen atoms in total. The number of rotatable bonds is 2. The molecule has 0 bridgehead atoms. The summed E-state index contributed by atoms with van der Waals surface area (Å²) in [5.41, 5.74) is 9.63. The van der Waals surface area contributed by atoms with Gasteiger partial charge in [-0.05, 0) is 25.0 Å². The molecule has 2 rings (SSSR count). The summed E-state index contributed by atoms with van der Waals surface area (Å²) >= 11 is 0. The quantitative estimate of drug-likeness (QED) is 0.705. The molecule has 2 N–H and O–H groups in total. The van der Waals surface area contributed by atoms with Gasteiger partial charge in [0.25, 0.3) is 0 Å². The van der Waals surface area contributed by atoms with Crippen LogP contribution >= 0.6 is 0 Å². The van der Waals surface area contributed by atoms with Gasteiger partial charge in [-0.15, -0.1) is 0 Å². The molecule has 2 aliphatic rings. The predicted octanol–water partition coefficient (Wildman–Crippen LogP) is 2.75. The average Bonchev–Trinajstić information content (AvgIpc) is 2.29. The van der Waals surface area contributed by atoms with Crippen LogP contribution < -0.4 is 5.73 Å². The van der Waals surface area contributed by atoms with Gasteiger partial charge >= 0.3 is 0 Å². The maximum atomic E-state index is 6.13. The van der Waals surface area contributed by atoms with E-state index >= 15 is 0 Å². The number of fused-ring (bicyclic) bond motifs is 1. The van der Waals surface area contributed by atoms with Crippen LogP contribution in [0.1, 0.15) is 20.3 Å². The lowest BCUT2D eigenvalue weighted by Gasteiger charge is -2.28. The van der Waals surface area contributed by atoms with Crippen molar-refractivity contribution in [2.75, 3.05) is 0 Å². The Kier molecular flexibility index (Phi) is 3.20. The van der Waals surface area contributed by atoms with Crippen molar-refractivity contribution in [3.63, 3.8) is 0 Å². The van der Waals surface area contributed by atoms with E-state index in [0.717, 1.165) is 17.8 Å². The van der Waals surface area contributed by atoms with Crippen LogP contribution in [0.3, 0.4) is 0 Å². The number of nitrogens with zero attached hydrogens (tertiary/aromatic N) is 1. The Morgan fingerprint density at radius 3 is 2.94 bits per heavy atom. The van der Waals surface area contributed by atoms with Crippen LogP contribution in [0.25, 0.3) is 0 Å². The van der Waals surface area contributed by atoms with E-state index in [1.54, 1.807) is 0 Å². The lowest BCUT2D eigenvalue weighted by molar-refractivity contribution is 0.618. The van der Waals surface area contributed by atoms with E-state index < -0.39 is 0 Å². The lowest BCUT2D eigenvalue weighted by Crippen LogP contribution is -2.32. The normalized spacial score (nSPS) is 28.6. The van der Waals surface area contributed by atoms with Crippen molar-refractivity contribution in [3.05, 3.63) is 47.7 Å². The Morgan fingerprint density at radius 2 is 2.19 bits per heavy atom. The first-order valence-electron chi connectivity index (χ1n) is 5.78. The lowest BCUT2D eigenvalue weighted by atomic mass is 9.82. The fraction of sp³-hybridized carbons (Fsp3) is 0.357. The second kappa shape index (κ2) is 4.62. The summed E-state index contributed by atoms with van der Waals surface area (Å²) < 4.78 is 0. The fourth-order valence-corrected chi connectivity index (χ4v) is 2.03. The van der Waals surface area contributed by atoms with Crippen molar-refractivity contribution < 1.29 is 0 Å². The molecule has 0 aliphatic heterocycles. The maximum absolute atomic E-state index is 6.13. The Balaban J connectivity index is 2.33. The molecular formula is C14H18N2. The van der Waals surface area contributed by atoms with Crippen molar-refractivity contribution in [2.45, 2.75) is 26.3 Å². The van der Waals surface area contributed by atoms with Gasteiger partial charge in [-0.3, -0.25) is 4.99 Å². The van der Waals surface area contributed by atoms with E-state index in [-0.39, 0.29) is 12.0 Å². The molecule has 0 amide bonds. The molecule has 0 heterocycles. The smallest absolute Gasteiger partial charge is 0.0496 e. The third kappa shape index (κ3) is 2.07. The summed E-state index contributed by atoms with van der Waals surface area (Å²) in [6.07, 6.45) is 13.4. The van der Waals surface area contributed by atoms with Crippen LogP contribution in [-0.2, 0) is 0 Å². The molecule has 84 valence electrons. The highest BCUT2D eigenvalue weighted by atomic mass is 14.8. The van der Waals surface area contributed by atoms with Crippen LogP contribution in [0.2, 0.25) is 0 Å². The molecule has 0 aromatic carbocycles. The topological polar surface area (TPSA) is 38.4 Å². The highest BCUT2D eigenvalue weighted by Crippen LogP contribution is 2.32. The van der Waals surface area contributed by atoms with E-state index in [1.165, 1.54) is 5.57 Å². The minimum atomic E-state index is 0.0459. The summed E-state index contributed by atoms with van der Waals surface area (Å²) in [5, 5.41) is 0. The third-order valence-corrected chi connectivity index (χ3v) is 3.07. The second-order valence-corrected chi connectivity index (χ2v) is 4.26. The zero-order valence-corrected chi connectivity index (χ0v) is 9.85. The van der Waals surface area contributed by atoms with Crippen LogP contribution in [0.5, 0.6) is 0 Å². The summed E-state index contributed by atoms with van der Waals surface area (Å²) in [4.78, 5) is 4.66. The number of allylic oxidation sites excluding steroid dienone is 5. The second-order valence-electron chi connectivity index (χ2n) is 4.26. The average molecular weight is 214 g/mol. The molecule has 0 aromatic rings. The van der Waals surface area contributed by atoms with Crippen molar-refractivity contribution in [3.8, 4) is 0 Å². The van der Waals surface area contributed by atoms with Crippen molar-refractivity contribution in [1.82, 2.24) is 0 Å². The van der Waals surface area contributed by atoms with E-state index in [2.05, 4.69) is 43.1 Å². The van der Waals surface area contributed by atoms with Crippen molar-refractivity contribution >= 4 is 5.71 Å². The summed E-state index contributed by atoms with van der Waals surface area (Å²) in [5.74, 6) is 0.233. The number of hydrogen-bond donors (Lipinski definition) is 1. The van der Waals surface area contributed by atoms with Gasteiger partial charge in [-0.25, -0.2) is 0 Å². The Labute approximate surface area is 96.9 Å². The van der Waals surface area contributed by atoms with Crippen molar-refractivity contribution in [1.29, 1.82) is 0 Å². The fourth-order valence-electron chi connectivity index (χ4n) is 2.03. The summed E-state index contributed by atoms with van der Waals surface area (Å²) in [6, 6.07) is 0.0459. The van der Waals surface area contributed by atoms with Gasteiger partial charge in [-0.1, -0.05) is 37.3 Å². The van der Waals surface area contributed by atoms with E-state index in [0.29, 0.717) is 0 Å². The van der Waals surface area contributed by atoms with Crippen molar-refractivity contribution in [2.24, 2.45) is 16.6 Å². The predicted molar refractivity (Wildman–Crippen MR) is 69.3 cm³/mol. The first kappa shape index (κ1) is 11.1. The van der Waals surface area contributed by atoms with Crippen LogP contribution in [0, 0.1) is 5.92 Å². The van der Waals surface area contributed by atoms with E-state index in [1.807, 2.05) is 12.2 Å². The zero-order chi connectivity index (χ0) is 11.5. The van der Waals surface area contributed by atoms with Gasteiger partial charge < -0.3 is 5.73 Å². The van der Waals surface area contributed by atoms with Gasteiger partial charge in [-0.2, -0.15) is 0 Å². The van der Waals surface area contributed by atoms with Crippen LogP contribution in [-0.4, -0.2) is 11.8 Å². The minimum absolute atomic E-state index is 0.0459. The third-order valence-electron chi connectivity index (χ3n) is 3.07. The molecule has 0 saturated carbocycles. The Hall–Kier alpha value is -1.41. The van der Waals surface area contributed by atoms with Crippen LogP contribution in [0.4, 0.5) is 0 Å². The Morgan fingerprint density at radius 1 is 1.38 bits per heavy atom. The molecule has 0 radical (unpaired) electrons. The Bertz CT molecular complexity index is 422. The number of nitrogens with two attached hydrogens (primary N) is 1. The largest absolute Gasteiger partial charge is 0.324 e. The molecule has 0 spiro atoms. The minimum Gasteiger partial charge on any atom is -0.324 e. The highest BCUT2D eigenvalue weighted by molar-refractivity contribution is 5.82. The summed E-state index contributed by atoms with van der Waals surface area (Å²) in [6.45, 7) is 4.18. The monoisotopic (exact) mass is 214 g/mol. The SMILES string of the molecule is CC/C(C)=N/C1=CC=CC2=CC=CC(N)C21. The molecule has 0 aromatic heterocycles. The standard InChI is InChI=1S/C14H18N2/c1-3-10(2)16-13-9-5-7-11-6-4-8-12(15)14(11)13/h4-9,12,14H,3,15H2,1-2H3/b16-10+. The van der Waals surface area contributed by atoms with Crippen LogP contribution in [0.15, 0.2) is 52.7 Å². The van der Waals surface area contributed by atoms with Gasteiger partial charge in [0.2, 0.25) is 0 Å². The molecule has 0 fully saturated rings. The summed E-state index contributed by atoms with van der Waals surface area (Å²) in [7, 11) is 0. The molecule has 2 unspecified atom stereocenters. The van der Waals surface area contributed by atoms with E-state index in [9.17, 15) is 0 Å². The molecule has 16 heavy (non-hydrogen) atoms. The number of aliphatic imine (C=N–C) groups is 1. The van der Waals surface area contributed by atoms with E-state index in [4.69, 9.17) is 5.73 Å². The van der Waals surface area contributed by atoms with Gasteiger partial charge in [0.1, 0.15) is 0 Å². The zero-order valence-electron chi connectivity index (χ0n) is 9.85. The first-order chi connectivity index (χ1) is 7.72.